The number of benzene rings is 8. The molecular weight excluding hydrogens is 605 g/mol. The van der Waals surface area contributed by atoms with Crippen LogP contribution in [0.1, 0.15) is 17.5 Å². The predicted molar refractivity (Wildman–Crippen MR) is 214 cm³/mol. The van der Waals surface area contributed by atoms with E-state index in [0.717, 1.165) is 35.6 Å². The van der Waals surface area contributed by atoms with Gasteiger partial charge in [-0.3, -0.25) is 0 Å². The van der Waals surface area contributed by atoms with Gasteiger partial charge < -0.3 is 9.80 Å². The fraction of sp³-hybridized carbons (Fsp3) is 0.0417. The number of hydrogen-bond acceptors (Lipinski definition) is 2. The van der Waals surface area contributed by atoms with Gasteiger partial charge >= 0.3 is 0 Å². The Morgan fingerprint density at radius 3 is 1.58 bits per heavy atom. The highest BCUT2D eigenvalue weighted by Gasteiger charge is 2.29. The highest BCUT2D eigenvalue weighted by Crippen LogP contribution is 2.52. The van der Waals surface area contributed by atoms with Crippen LogP contribution in [0.5, 0.6) is 0 Å². The third-order valence-electron chi connectivity index (χ3n) is 9.83. The van der Waals surface area contributed by atoms with Crippen molar-refractivity contribution < 1.29 is 0 Å². The summed E-state index contributed by atoms with van der Waals surface area (Å²) in [4.78, 5) is 4.95. The van der Waals surface area contributed by atoms with E-state index in [1.165, 1.54) is 55.2 Å². The molecule has 1 aliphatic rings. The van der Waals surface area contributed by atoms with Crippen molar-refractivity contribution in [3.63, 3.8) is 0 Å². The van der Waals surface area contributed by atoms with Crippen LogP contribution in [0.2, 0.25) is 0 Å². The molecule has 238 valence electrons. The smallest absolute Gasteiger partial charge is 0.0616 e. The van der Waals surface area contributed by atoms with Crippen LogP contribution in [0.15, 0.2) is 188 Å². The summed E-state index contributed by atoms with van der Waals surface area (Å²) in [5, 5.41) is 4.90. The highest BCUT2D eigenvalue weighted by molar-refractivity contribution is 6.13. The van der Waals surface area contributed by atoms with Gasteiger partial charge in [-0.05, 0) is 94.9 Å². The molecule has 0 unspecified atom stereocenters. The van der Waals surface area contributed by atoms with Crippen molar-refractivity contribution >= 4 is 61.7 Å². The Labute approximate surface area is 293 Å². The molecule has 8 aromatic rings. The lowest BCUT2D eigenvalue weighted by atomic mass is 9.86. The highest BCUT2D eigenvalue weighted by atomic mass is 15.2. The van der Waals surface area contributed by atoms with E-state index in [2.05, 4.69) is 204 Å². The molecule has 1 aliphatic carbocycles. The normalized spacial score (nSPS) is 12.2. The summed E-state index contributed by atoms with van der Waals surface area (Å²) < 4.78 is 0. The molecule has 0 bridgehead atoms. The standard InChI is InChI=1S/C48H36N2/c1-5-17-35(18-6-1)38-30-32-45-46(34-38)48(49(39-21-7-2-8-22-39)40-23-9-3-10-24-40)44-28-16-15-27-43(44)47(45)50(41-25-11-4-12-26-41)42-31-29-36-19-13-14-20-37(36)33-42/h1-14,16-26,28-34H,15,27H2. The number of nitrogens with zero attached hydrogens (tertiary/aromatic N) is 2. The van der Waals surface area contributed by atoms with Gasteiger partial charge in [0.05, 0.1) is 11.4 Å². The molecular formula is C48H36N2. The molecule has 50 heavy (non-hydrogen) atoms. The third-order valence-corrected chi connectivity index (χ3v) is 9.83. The molecule has 0 aliphatic heterocycles. The lowest BCUT2D eigenvalue weighted by Gasteiger charge is -2.35. The van der Waals surface area contributed by atoms with Crippen molar-refractivity contribution in [1.29, 1.82) is 0 Å². The quantitative estimate of drug-likeness (QED) is 0.160. The molecule has 2 nitrogen and oxygen atoms in total. The summed E-state index contributed by atoms with van der Waals surface area (Å²) in [5.41, 5.74) is 12.0. The Morgan fingerprint density at radius 2 is 0.940 bits per heavy atom. The Hall–Kier alpha value is -6.38. The SMILES string of the molecule is C1=Cc2c(c(N(c3ccccc3)c3ccc4ccccc4c3)c3ccc(-c4ccccc4)cc3c2N(c2ccccc2)c2ccccc2)CC1. The van der Waals surface area contributed by atoms with Crippen molar-refractivity contribution in [3.8, 4) is 11.1 Å². The lowest BCUT2D eigenvalue weighted by Crippen LogP contribution is -2.18. The Balaban J connectivity index is 1.42. The zero-order chi connectivity index (χ0) is 33.3. The summed E-state index contributed by atoms with van der Waals surface area (Å²) in [5.74, 6) is 0. The molecule has 9 rings (SSSR count). The molecule has 0 spiro atoms. The van der Waals surface area contributed by atoms with Gasteiger partial charge in [-0.2, -0.15) is 0 Å². The maximum atomic E-state index is 2.49. The largest absolute Gasteiger partial charge is 0.310 e. The van der Waals surface area contributed by atoms with Crippen molar-refractivity contribution in [3.05, 3.63) is 199 Å². The Morgan fingerprint density at radius 1 is 0.380 bits per heavy atom. The molecule has 0 amide bonds. The molecule has 0 heterocycles. The van der Waals surface area contributed by atoms with E-state index < -0.39 is 0 Å². The average Bonchev–Trinajstić information content (AvgIpc) is 3.20. The number of hydrogen-bond donors (Lipinski definition) is 0. The minimum absolute atomic E-state index is 0.943. The molecule has 0 atom stereocenters. The summed E-state index contributed by atoms with van der Waals surface area (Å²) in [7, 11) is 0. The maximum absolute atomic E-state index is 2.49. The van der Waals surface area contributed by atoms with Gasteiger partial charge in [-0.25, -0.2) is 0 Å². The molecule has 0 saturated carbocycles. The molecule has 0 aromatic heterocycles. The molecule has 0 fully saturated rings. The predicted octanol–water partition coefficient (Wildman–Crippen LogP) is 13.6. The number of rotatable bonds is 7. The van der Waals surface area contributed by atoms with E-state index in [4.69, 9.17) is 0 Å². The molecule has 8 aromatic carbocycles. The lowest BCUT2D eigenvalue weighted by molar-refractivity contribution is 0.981. The van der Waals surface area contributed by atoms with Crippen LogP contribution in [0.4, 0.5) is 34.1 Å². The fourth-order valence-corrected chi connectivity index (χ4v) is 7.55. The summed E-state index contributed by atoms with van der Waals surface area (Å²) in [6, 6.07) is 65.8. The average molecular weight is 641 g/mol. The van der Waals surface area contributed by atoms with Crippen molar-refractivity contribution in [2.75, 3.05) is 9.80 Å². The van der Waals surface area contributed by atoms with Crippen LogP contribution < -0.4 is 9.80 Å². The van der Waals surface area contributed by atoms with Crippen LogP contribution in [0.3, 0.4) is 0 Å². The number of allylic oxidation sites excluding steroid dienone is 1. The molecule has 0 N–H and O–H groups in total. The van der Waals surface area contributed by atoms with Gasteiger partial charge in [0.2, 0.25) is 0 Å². The van der Waals surface area contributed by atoms with E-state index in [1.54, 1.807) is 0 Å². The topological polar surface area (TPSA) is 6.48 Å². The number of anilines is 6. The van der Waals surface area contributed by atoms with Crippen LogP contribution in [-0.2, 0) is 6.42 Å². The first-order chi connectivity index (χ1) is 24.8. The first-order valence-electron chi connectivity index (χ1n) is 17.4. The van der Waals surface area contributed by atoms with E-state index >= 15 is 0 Å². The van der Waals surface area contributed by atoms with E-state index in [0.29, 0.717) is 0 Å². The van der Waals surface area contributed by atoms with Crippen LogP contribution >= 0.6 is 0 Å². The fourth-order valence-electron chi connectivity index (χ4n) is 7.55. The first kappa shape index (κ1) is 29.7. The van der Waals surface area contributed by atoms with E-state index in [1.807, 2.05) is 0 Å². The summed E-state index contributed by atoms with van der Waals surface area (Å²) in [6.45, 7) is 0. The van der Waals surface area contributed by atoms with Gasteiger partial charge in [-0.1, -0.05) is 140 Å². The second-order valence-corrected chi connectivity index (χ2v) is 12.9. The van der Waals surface area contributed by atoms with Crippen molar-refractivity contribution in [2.24, 2.45) is 0 Å². The van der Waals surface area contributed by atoms with Crippen LogP contribution in [-0.4, -0.2) is 0 Å². The second-order valence-electron chi connectivity index (χ2n) is 12.9. The Kier molecular flexibility index (Phi) is 7.68. The van der Waals surface area contributed by atoms with Gasteiger partial charge in [0, 0.05) is 39.1 Å². The molecule has 0 radical (unpaired) electrons. The van der Waals surface area contributed by atoms with Crippen molar-refractivity contribution in [2.45, 2.75) is 12.8 Å². The summed E-state index contributed by atoms with van der Waals surface area (Å²) in [6.07, 6.45) is 6.65. The van der Waals surface area contributed by atoms with Crippen LogP contribution in [0, 0.1) is 0 Å². The van der Waals surface area contributed by atoms with Gasteiger partial charge in [-0.15, -0.1) is 0 Å². The maximum Gasteiger partial charge on any atom is 0.0616 e. The van der Waals surface area contributed by atoms with Gasteiger partial charge in [0.25, 0.3) is 0 Å². The Bertz CT molecular complexity index is 2430. The number of fused-ring (bicyclic) bond motifs is 3. The zero-order valence-electron chi connectivity index (χ0n) is 27.8. The number of para-hydroxylation sites is 3. The second kappa shape index (κ2) is 12.9. The zero-order valence-corrected chi connectivity index (χ0v) is 27.8. The van der Waals surface area contributed by atoms with Crippen molar-refractivity contribution in [1.82, 2.24) is 0 Å². The van der Waals surface area contributed by atoms with Crippen LogP contribution in [0.25, 0.3) is 38.7 Å². The van der Waals surface area contributed by atoms with E-state index in [-0.39, 0.29) is 0 Å². The monoisotopic (exact) mass is 640 g/mol. The van der Waals surface area contributed by atoms with Gasteiger partial charge in [0.1, 0.15) is 0 Å². The minimum Gasteiger partial charge on any atom is -0.310 e. The van der Waals surface area contributed by atoms with Gasteiger partial charge in [0.15, 0.2) is 0 Å². The van der Waals surface area contributed by atoms with E-state index in [9.17, 15) is 0 Å². The third kappa shape index (κ3) is 5.32. The molecule has 0 saturated heterocycles. The minimum atomic E-state index is 0.943. The summed E-state index contributed by atoms with van der Waals surface area (Å²) >= 11 is 0. The first-order valence-corrected chi connectivity index (χ1v) is 17.4. The molecule has 2 heteroatoms.